The van der Waals surface area contributed by atoms with Crippen LogP contribution in [0.25, 0.3) is 33.5 Å². The lowest BCUT2D eigenvalue weighted by Gasteiger charge is -2.26. The maximum absolute atomic E-state index is 15.4. The van der Waals surface area contributed by atoms with E-state index in [2.05, 4.69) is 19.5 Å². The van der Waals surface area contributed by atoms with Crippen molar-refractivity contribution in [2.45, 2.75) is 31.4 Å². The summed E-state index contributed by atoms with van der Waals surface area (Å²) in [5.74, 6) is -0.435. The van der Waals surface area contributed by atoms with Crippen molar-refractivity contribution < 1.29 is 23.8 Å². The van der Waals surface area contributed by atoms with Gasteiger partial charge in [0.15, 0.2) is 0 Å². The number of fused-ring (bicyclic) bond motifs is 2. The zero-order valence-electron chi connectivity index (χ0n) is 22.7. The van der Waals surface area contributed by atoms with Crippen LogP contribution in [0.5, 0.6) is 5.75 Å². The van der Waals surface area contributed by atoms with Crippen molar-refractivity contribution in [2.75, 3.05) is 31.3 Å². The van der Waals surface area contributed by atoms with Crippen LogP contribution < -0.4 is 9.64 Å². The highest BCUT2D eigenvalue weighted by molar-refractivity contribution is 6.09. The highest BCUT2D eigenvalue weighted by atomic mass is 19.1. The summed E-state index contributed by atoms with van der Waals surface area (Å²) in [6.45, 7) is 1.47. The minimum Gasteiger partial charge on any atom is -0.491 e. The van der Waals surface area contributed by atoms with E-state index >= 15 is 4.39 Å². The largest absolute Gasteiger partial charge is 0.491 e. The Morgan fingerprint density at radius 1 is 1.10 bits per heavy atom. The number of hydrogen-bond acceptors (Lipinski definition) is 6. The van der Waals surface area contributed by atoms with Gasteiger partial charge in [-0.25, -0.2) is 14.4 Å². The van der Waals surface area contributed by atoms with Crippen LogP contribution in [0.2, 0.25) is 0 Å². The van der Waals surface area contributed by atoms with E-state index in [-0.39, 0.29) is 31.1 Å². The number of aliphatic hydroxyl groups is 1. The van der Waals surface area contributed by atoms with Gasteiger partial charge in [-0.1, -0.05) is 12.1 Å². The first kappa shape index (κ1) is 25.2. The topological polar surface area (TPSA) is 106 Å². The second-order valence-corrected chi connectivity index (χ2v) is 11.1. The third kappa shape index (κ3) is 4.09. The number of carbonyl (C=O) groups excluding carboxylic acids is 1. The molecular formula is C32H28FN5O4. The molecule has 3 aromatic heterocycles. The zero-order valence-corrected chi connectivity index (χ0v) is 22.7. The van der Waals surface area contributed by atoms with Crippen LogP contribution >= 0.6 is 0 Å². The van der Waals surface area contributed by atoms with Crippen LogP contribution in [0.15, 0.2) is 61.2 Å². The molecule has 1 saturated carbocycles. The predicted octanol–water partition coefficient (Wildman–Crippen LogP) is 5.21. The molecule has 1 aliphatic carbocycles. The number of imidazole rings is 1. The van der Waals surface area contributed by atoms with Gasteiger partial charge >= 0.3 is 0 Å². The standard InChI is InChI=1S/C32H28FN5O4/c33-25-10-19(18-4-5-18)11-29-30(25)32(40)38(8-9-42-29)28-3-1-2-21(24(28)14-39)22-6-7-34-31-23(22)12-26(36-31)27-13-37(17-35-27)20-15-41-16-20/h1-3,6-7,10-13,17-18,20,39H,4-5,8-9,14-16H2,(H,34,36). The van der Waals surface area contributed by atoms with E-state index in [1.807, 2.05) is 36.8 Å². The lowest BCUT2D eigenvalue weighted by Crippen LogP contribution is -2.33. The van der Waals surface area contributed by atoms with Gasteiger partial charge in [0.25, 0.3) is 5.91 Å². The summed E-state index contributed by atoms with van der Waals surface area (Å²) in [4.78, 5) is 27.8. The third-order valence-electron chi connectivity index (χ3n) is 8.50. The molecule has 1 saturated heterocycles. The van der Waals surface area contributed by atoms with Crippen LogP contribution in [0.3, 0.4) is 0 Å². The summed E-state index contributed by atoms with van der Waals surface area (Å²) in [5, 5.41) is 11.5. The second kappa shape index (κ2) is 9.78. The van der Waals surface area contributed by atoms with Crippen LogP contribution in [0.4, 0.5) is 10.1 Å². The number of pyridine rings is 1. The van der Waals surface area contributed by atoms with Crippen LogP contribution in [0.1, 0.15) is 46.3 Å². The molecule has 9 nitrogen and oxygen atoms in total. The molecule has 1 amide bonds. The van der Waals surface area contributed by atoms with Gasteiger partial charge in [-0.2, -0.15) is 0 Å². The minimum atomic E-state index is -0.573. The molecule has 5 aromatic rings. The monoisotopic (exact) mass is 565 g/mol. The number of benzene rings is 2. The summed E-state index contributed by atoms with van der Waals surface area (Å²) in [6.07, 6.45) is 7.56. The summed E-state index contributed by atoms with van der Waals surface area (Å²) in [7, 11) is 0. The molecule has 2 N–H and O–H groups in total. The highest BCUT2D eigenvalue weighted by Gasteiger charge is 2.33. The van der Waals surface area contributed by atoms with Crippen molar-refractivity contribution in [3.8, 4) is 28.3 Å². The Kier molecular flexibility index (Phi) is 5.87. The Balaban J connectivity index is 1.19. The van der Waals surface area contributed by atoms with Gasteiger partial charge < -0.3 is 29.0 Å². The van der Waals surface area contributed by atoms with Crippen molar-refractivity contribution in [3.63, 3.8) is 0 Å². The molecule has 0 atom stereocenters. The molecule has 42 heavy (non-hydrogen) atoms. The summed E-state index contributed by atoms with van der Waals surface area (Å²) < 4.78 is 28.6. The quantitative estimate of drug-likeness (QED) is 0.293. The van der Waals surface area contributed by atoms with Gasteiger partial charge in [0.05, 0.1) is 50.1 Å². The Morgan fingerprint density at radius 2 is 1.98 bits per heavy atom. The number of hydrogen-bond donors (Lipinski definition) is 2. The lowest BCUT2D eigenvalue weighted by atomic mass is 9.96. The fraction of sp³-hybridized carbons (Fsp3) is 0.281. The number of ether oxygens (including phenoxy) is 2. The van der Waals surface area contributed by atoms with E-state index < -0.39 is 11.7 Å². The smallest absolute Gasteiger partial charge is 0.265 e. The maximum Gasteiger partial charge on any atom is 0.265 e. The number of nitrogens with zero attached hydrogens (tertiary/aromatic N) is 4. The highest BCUT2D eigenvalue weighted by Crippen LogP contribution is 2.43. The Hall–Kier alpha value is -4.54. The number of nitrogens with one attached hydrogen (secondary N) is 1. The van der Waals surface area contributed by atoms with Gasteiger partial charge in [-0.15, -0.1) is 0 Å². The molecule has 0 bridgehead atoms. The minimum absolute atomic E-state index is 0.0688. The van der Waals surface area contributed by atoms with E-state index in [9.17, 15) is 9.90 Å². The number of anilines is 1. The van der Waals surface area contributed by atoms with E-state index in [1.54, 1.807) is 18.3 Å². The van der Waals surface area contributed by atoms with Crippen molar-refractivity contribution in [1.29, 1.82) is 0 Å². The molecule has 8 rings (SSSR count). The molecular weight excluding hydrogens is 537 g/mol. The number of aromatic nitrogens is 4. The molecule has 2 aliphatic heterocycles. The average molecular weight is 566 g/mol. The second-order valence-electron chi connectivity index (χ2n) is 11.1. The Labute approximate surface area is 240 Å². The van der Waals surface area contributed by atoms with Crippen molar-refractivity contribution in [2.24, 2.45) is 0 Å². The number of halogens is 1. The van der Waals surface area contributed by atoms with Gasteiger partial charge in [0.1, 0.15) is 35.1 Å². The Bertz CT molecular complexity index is 1860. The number of aliphatic hydroxyl groups excluding tert-OH is 1. The molecule has 3 aliphatic rings. The first-order valence-corrected chi connectivity index (χ1v) is 14.2. The SMILES string of the molecule is O=C1c2c(F)cc(C3CC3)cc2OCCN1c1cccc(-c2ccnc3[nH]c(-c4cn(C5COC5)cn4)cc23)c1CO. The summed E-state index contributed by atoms with van der Waals surface area (Å²) in [5.41, 5.74) is 5.79. The van der Waals surface area contributed by atoms with E-state index in [4.69, 9.17) is 9.47 Å². The molecule has 10 heteroatoms. The number of H-pyrrole nitrogens is 1. The number of rotatable bonds is 6. The third-order valence-corrected chi connectivity index (χ3v) is 8.50. The van der Waals surface area contributed by atoms with Gasteiger partial charge in [-0.05, 0) is 65.8 Å². The molecule has 212 valence electrons. The molecule has 2 fully saturated rings. The van der Waals surface area contributed by atoms with E-state index in [0.717, 1.165) is 46.3 Å². The molecule has 0 unspecified atom stereocenters. The Morgan fingerprint density at radius 3 is 2.76 bits per heavy atom. The maximum atomic E-state index is 15.4. The first-order valence-electron chi connectivity index (χ1n) is 14.2. The van der Waals surface area contributed by atoms with Crippen LogP contribution in [0, 0.1) is 5.82 Å². The number of amides is 1. The summed E-state index contributed by atoms with van der Waals surface area (Å²) >= 11 is 0. The van der Waals surface area contributed by atoms with Crippen molar-refractivity contribution in [1.82, 2.24) is 19.5 Å². The average Bonchev–Trinajstić information content (AvgIpc) is 3.60. The molecule has 0 radical (unpaired) electrons. The number of carbonyl (C=O) groups is 1. The number of aromatic amines is 1. The summed E-state index contributed by atoms with van der Waals surface area (Å²) in [6, 6.07) is 13.0. The van der Waals surface area contributed by atoms with Gasteiger partial charge in [-0.3, -0.25) is 4.79 Å². The fourth-order valence-corrected chi connectivity index (χ4v) is 6.01. The van der Waals surface area contributed by atoms with E-state index in [1.165, 1.54) is 11.0 Å². The lowest BCUT2D eigenvalue weighted by molar-refractivity contribution is -0.0233. The normalized spacial score (nSPS) is 17.2. The van der Waals surface area contributed by atoms with Crippen LogP contribution in [-0.2, 0) is 11.3 Å². The first-order chi connectivity index (χ1) is 20.6. The fourth-order valence-electron chi connectivity index (χ4n) is 6.01. The van der Waals surface area contributed by atoms with Gasteiger partial charge in [0, 0.05) is 23.3 Å². The van der Waals surface area contributed by atoms with Gasteiger partial charge in [0.2, 0.25) is 0 Å². The molecule has 0 spiro atoms. The molecule has 5 heterocycles. The van der Waals surface area contributed by atoms with Crippen molar-refractivity contribution >= 4 is 22.6 Å². The van der Waals surface area contributed by atoms with Crippen LogP contribution in [-0.4, -0.2) is 56.9 Å². The zero-order chi connectivity index (χ0) is 28.4. The predicted molar refractivity (Wildman–Crippen MR) is 154 cm³/mol. The molecule has 2 aromatic carbocycles. The van der Waals surface area contributed by atoms with E-state index in [0.29, 0.717) is 42.1 Å². The van der Waals surface area contributed by atoms with Crippen molar-refractivity contribution in [3.05, 3.63) is 83.7 Å².